The number of nitrogens with one attached hydrogen (secondary N) is 1. The molecule has 0 fully saturated rings. The molecule has 2 aromatic heterocycles. The molecule has 0 bridgehead atoms. The molecule has 148 valence electrons. The van der Waals surface area contributed by atoms with E-state index in [2.05, 4.69) is 21.9 Å². The highest BCUT2D eigenvalue weighted by Crippen LogP contribution is 2.32. The summed E-state index contributed by atoms with van der Waals surface area (Å²) in [6.07, 6.45) is 4.29. The first-order valence-electron chi connectivity index (χ1n) is 8.83. The van der Waals surface area contributed by atoms with Crippen molar-refractivity contribution in [2.24, 2.45) is 0 Å². The predicted molar refractivity (Wildman–Crippen MR) is 113 cm³/mol. The second-order valence-electron chi connectivity index (χ2n) is 6.42. The van der Waals surface area contributed by atoms with Crippen LogP contribution in [0.3, 0.4) is 0 Å². The normalized spacial score (nSPS) is 12.3. The van der Waals surface area contributed by atoms with Crippen LogP contribution in [-0.4, -0.2) is 15.9 Å². The van der Waals surface area contributed by atoms with E-state index in [4.69, 9.17) is 16.0 Å². The molecule has 2 heterocycles. The zero-order valence-electron chi connectivity index (χ0n) is 16.2. The number of aromatic nitrogens is 2. The molecular weight excluding hydrogens is 393 g/mol. The van der Waals surface area contributed by atoms with E-state index in [1.54, 1.807) is 45.2 Å². The molecule has 0 aliphatic rings. The molecule has 0 atom stereocenters. The summed E-state index contributed by atoms with van der Waals surface area (Å²) in [5, 5.41) is 3.08. The molecule has 1 amide bonds. The van der Waals surface area contributed by atoms with Crippen LogP contribution in [0.2, 0.25) is 5.02 Å². The summed E-state index contributed by atoms with van der Waals surface area (Å²) in [5.74, 6) is -0.445. The molecule has 1 N–H and O–H groups in total. The Morgan fingerprint density at radius 2 is 2.10 bits per heavy atom. The largest absolute Gasteiger partial charge is 0.441 e. The van der Waals surface area contributed by atoms with Crippen LogP contribution in [0.5, 0.6) is 0 Å². The highest BCUT2D eigenvalue weighted by atomic mass is 35.5. The van der Waals surface area contributed by atoms with Crippen LogP contribution in [0.25, 0.3) is 22.2 Å². The molecule has 0 aliphatic carbocycles. The Balaban J connectivity index is 1.87. The van der Waals surface area contributed by atoms with Crippen molar-refractivity contribution in [2.45, 2.75) is 20.8 Å². The highest BCUT2D eigenvalue weighted by Gasteiger charge is 2.16. The molecule has 29 heavy (non-hydrogen) atoms. The van der Waals surface area contributed by atoms with Gasteiger partial charge >= 0.3 is 0 Å². The van der Waals surface area contributed by atoms with Crippen molar-refractivity contribution in [1.82, 2.24) is 9.97 Å². The maximum atomic E-state index is 14.2. The summed E-state index contributed by atoms with van der Waals surface area (Å²) in [6.45, 7) is 8.66. The van der Waals surface area contributed by atoms with Crippen molar-refractivity contribution in [3.63, 3.8) is 0 Å². The van der Waals surface area contributed by atoms with Crippen LogP contribution in [0, 0.1) is 6.92 Å². The monoisotopic (exact) mass is 411 g/mol. The van der Waals surface area contributed by atoms with E-state index < -0.39 is 11.7 Å². The zero-order valence-corrected chi connectivity index (χ0v) is 17.0. The Bertz CT molecular complexity index is 1160. The van der Waals surface area contributed by atoms with Gasteiger partial charge in [0.1, 0.15) is 17.2 Å². The lowest BCUT2D eigenvalue weighted by Crippen LogP contribution is -2.16. The molecule has 0 aliphatic heterocycles. The molecular formula is C22H19ClFN3O2. The first-order chi connectivity index (χ1) is 13.8. The number of pyridine rings is 1. The fourth-order valence-electron chi connectivity index (χ4n) is 2.83. The average Bonchev–Trinajstić information content (AvgIpc) is 3.00. The van der Waals surface area contributed by atoms with Gasteiger partial charge in [0.25, 0.3) is 5.91 Å². The zero-order chi connectivity index (χ0) is 21.1. The standard InChI is InChI=1S/C22H19ClFN3O2/c1-5-6-17(24)21(12(2)3)22(28)27-20-8-7-14(11-25-20)15-9-18-19(10-16(15)23)29-13(4)26-18/h5-11H,2H2,1,3-4H3,(H,25,27,28)/b6-5-,21-17-. The van der Waals surface area contributed by atoms with Crippen molar-refractivity contribution < 1.29 is 13.6 Å². The number of anilines is 1. The fraction of sp³-hybridized carbons (Fsp3) is 0.136. The lowest BCUT2D eigenvalue weighted by atomic mass is 10.1. The van der Waals surface area contributed by atoms with Gasteiger partial charge in [0.15, 0.2) is 11.5 Å². The number of fused-ring (bicyclic) bond motifs is 1. The number of oxazole rings is 1. The number of aryl methyl sites for hydroxylation is 1. The van der Waals surface area contributed by atoms with Crippen LogP contribution >= 0.6 is 11.6 Å². The Labute approximate surface area is 172 Å². The predicted octanol–water partition coefficient (Wildman–Crippen LogP) is 6.17. The summed E-state index contributed by atoms with van der Waals surface area (Å²) in [5.41, 5.74) is 2.97. The van der Waals surface area contributed by atoms with Crippen LogP contribution in [0.1, 0.15) is 19.7 Å². The molecule has 0 saturated heterocycles. The third-order valence-electron chi connectivity index (χ3n) is 4.11. The molecule has 0 spiro atoms. The molecule has 7 heteroatoms. The summed E-state index contributed by atoms with van der Waals surface area (Å²) in [4.78, 5) is 21.0. The highest BCUT2D eigenvalue weighted by molar-refractivity contribution is 6.34. The van der Waals surface area contributed by atoms with Crippen molar-refractivity contribution in [1.29, 1.82) is 0 Å². The molecule has 3 rings (SSSR count). The molecule has 1 aromatic carbocycles. The van der Waals surface area contributed by atoms with Gasteiger partial charge in [-0.25, -0.2) is 14.4 Å². The number of hydrogen-bond acceptors (Lipinski definition) is 4. The minimum absolute atomic E-state index is 0.121. The third kappa shape index (κ3) is 4.43. The molecule has 0 radical (unpaired) electrons. The van der Waals surface area contributed by atoms with Gasteiger partial charge in [-0.05, 0) is 43.7 Å². The number of amides is 1. The maximum absolute atomic E-state index is 14.2. The topological polar surface area (TPSA) is 68.0 Å². The van der Waals surface area contributed by atoms with Gasteiger partial charge in [-0.1, -0.05) is 24.3 Å². The Kier molecular flexibility index (Phi) is 5.94. The van der Waals surface area contributed by atoms with Crippen molar-refractivity contribution in [3.8, 4) is 11.1 Å². The van der Waals surface area contributed by atoms with Crippen molar-refractivity contribution in [2.75, 3.05) is 5.32 Å². The number of carbonyl (C=O) groups is 1. The fourth-order valence-corrected chi connectivity index (χ4v) is 3.09. The van der Waals surface area contributed by atoms with Gasteiger partial charge in [-0.2, -0.15) is 0 Å². The number of hydrogen-bond donors (Lipinski definition) is 1. The van der Waals surface area contributed by atoms with Gasteiger partial charge in [0.05, 0.1) is 10.6 Å². The lowest BCUT2D eigenvalue weighted by Gasteiger charge is -2.10. The Morgan fingerprint density at radius 1 is 1.34 bits per heavy atom. The summed E-state index contributed by atoms with van der Waals surface area (Å²) >= 11 is 6.36. The minimum Gasteiger partial charge on any atom is -0.441 e. The van der Waals surface area contributed by atoms with Crippen molar-refractivity contribution in [3.05, 3.63) is 77.1 Å². The molecule has 0 unspecified atom stereocenters. The summed E-state index contributed by atoms with van der Waals surface area (Å²) < 4.78 is 19.6. The van der Waals surface area contributed by atoms with Crippen LogP contribution in [0.4, 0.5) is 10.2 Å². The second kappa shape index (κ2) is 8.41. The Hall–Kier alpha value is -3.25. The maximum Gasteiger partial charge on any atom is 0.260 e. The smallest absolute Gasteiger partial charge is 0.260 e. The van der Waals surface area contributed by atoms with Gasteiger partial charge in [0.2, 0.25) is 0 Å². The third-order valence-corrected chi connectivity index (χ3v) is 4.42. The van der Waals surface area contributed by atoms with E-state index in [1.165, 1.54) is 12.2 Å². The first-order valence-corrected chi connectivity index (χ1v) is 9.20. The van der Waals surface area contributed by atoms with Crippen LogP contribution in [0.15, 0.2) is 70.6 Å². The second-order valence-corrected chi connectivity index (χ2v) is 6.83. The van der Waals surface area contributed by atoms with E-state index in [9.17, 15) is 9.18 Å². The van der Waals surface area contributed by atoms with Crippen LogP contribution < -0.4 is 5.32 Å². The number of halogens is 2. The Morgan fingerprint density at radius 3 is 2.72 bits per heavy atom. The number of allylic oxidation sites excluding steroid dienone is 3. The van der Waals surface area contributed by atoms with E-state index >= 15 is 0 Å². The number of carbonyl (C=O) groups excluding carboxylic acids is 1. The minimum atomic E-state index is -0.655. The van der Waals surface area contributed by atoms with E-state index in [1.807, 2.05) is 6.07 Å². The van der Waals surface area contributed by atoms with E-state index in [0.717, 1.165) is 11.1 Å². The van der Waals surface area contributed by atoms with Gasteiger partial charge in [-0.15, -0.1) is 0 Å². The molecule has 3 aromatic rings. The first kappa shape index (κ1) is 20.5. The quantitative estimate of drug-likeness (QED) is 0.403. The number of nitrogens with zero attached hydrogens (tertiary/aromatic N) is 2. The SMILES string of the molecule is C=C(C)/C(C(=O)Nc1ccc(-c2cc3nc(C)oc3cc2Cl)cn1)=C(F)\C=C/C. The lowest BCUT2D eigenvalue weighted by molar-refractivity contribution is -0.112. The van der Waals surface area contributed by atoms with E-state index in [-0.39, 0.29) is 11.4 Å². The summed E-state index contributed by atoms with van der Waals surface area (Å²) in [6, 6.07) is 6.90. The van der Waals surface area contributed by atoms with Gasteiger partial charge in [-0.3, -0.25) is 4.79 Å². The number of rotatable bonds is 5. The summed E-state index contributed by atoms with van der Waals surface area (Å²) in [7, 11) is 0. The average molecular weight is 412 g/mol. The van der Waals surface area contributed by atoms with Crippen molar-refractivity contribution >= 4 is 34.4 Å². The number of benzene rings is 1. The van der Waals surface area contributed by atoms with Gasteiger partial charge in [0, 0.05) is 30.3 Å². The molecule has 0 saturated carbocycles. The van der Waals surface area contributed by atoms with Gasteiger partial charge < -0.3 is 9.73 Å². The molecule has 5 nitrogen and oxygen atoms in total. The van der Waals surface area contributed by atoms with E-state index in [0.29, 0.717) is 27.6 Å². The van der Waals surface area contributed by atoms with Crippen LogP contribution in [-0.2, 0) is 4.79 Å².